The molecule has 4 nitrogen and oxygen atoms in total. The zero-order valence-electron chi connectivity index (χ0n) is 9.10. The zero-order chi connectivity index (χ0) is 11.0. The highest BCUT2D eigenvalue weighted by Crippen LogP contribution is 2.24. The number of fused-ring (bicyclic) bond motifs is 1. The third-order valence-electron chi connectivity index (χ3n) is 3.55. The fourth-order valence-corrected chi connectivity index (χ4v) is 3.31. The molecule has 1 atom stereocenters. The van der Waals surface area contributed by atoms with Gasteiger partial charge < -0.3 is 0 Å². The van der Waals surface area contributed by atoms with Crippen LogP contribution in [0.2, 0.25) is 4.34 Å². The maximum atomic E-state index is 6.03. The van der Waals surface area contributed by atoms with Crippen molar-refractivity contribution < 1.29 is 0 Å². The van der Waals surface area contributed by atoms with Crippen LogP contribution in [0.3, 0.4) is 0 Å². The Balaban J connectivity index is 1.62. The van der Waals surface area contributed by atoms with Crippen LogP contribution < -0.4 is 0 Å². The van der Waals surface area contributed by atoms with E-state index in [-0.39, 0.29) is 0 Å². The molecule has 0 saturated carbocycles. The summed E-state index contributed by atoms with van der Waals surface area (Å²) >= 11 is 7.31. The van der Waals surface area contributed by atoms with E-state index in [1.165, 1.54) is 37.5 Å². The smallest absolute Gasteiger partial charge is 0.138 e. The summed E-state index contributed by atoms with van der Waals surface area (Å²) < 4.78 is 4.62. The molecule has 6 heteroatoms. The number of hydrogen-bond donors (Lipinski definition) is 0. The SMILES string of the molecule is Clc1snnc1CN1CCN2CCCC2C1. The van der Waals surface area contributed by atoms with E-state index in [4.69, 9.17) is 11.6 Å². The van der Waals surface area contributed by atoms with E-state index in [2.05, 4.69) is 19.4 Å². The van der Waals surface area contributed by atoms with Gasteiger partial charge in [0.25, 0.3) is 0 Å². The van der Waals surface area contributed by atoms with Crippen molar-refractivity contribution in [3.8, 4) is 0 Å². The van der Waals surface area contributed by atoms with Crippen molar-refractivity contribution in [3.63, 3.8) is 0 Å². The molecule has 2 aliphatic rings. The Hall–Kier alpha value is -0.230. The average Bonchev–Trinajstić information content (AvgIpc) is 2.88. The van der Waals surface area contributed by atoms with Crippen LogP contribution in [-0.2, 0) is 6.54 Å². The molecular formula is C10H15ClN4S. The van der Waals surface area contributed by atoms with Crippen molar-refractivity contribution in [3.05, 3.63) is 10.0 Å². The maximum Gasteiger partial charge on any atom is 0.138 e. The minimum atomic E-state index is 0.744. The fraction of sp³-hybridized carbons (Fsp3) is 0.800. The van der Waals surface area contributed by atoms with E-state index in [0.29, 0.717) is 0 Å². The van der Waals surface area contributed by atoms with Crippen molar-refractivity contribution in [1.82, 2.24) is 19.4 Å². The first kappa shape index (κ1) is 10.9. The summed E-state index contributed by atoms with van der Waals surface area (Å²) in [6.07, 6.45) is 2.71. The van der Waals surface area contributed by atoms with Gasteiger partial charge in [-0.05, 0) is 19.4 Å². The largest absolute Gasteiger partial charge is 0.298 e. The quantitative estimate of drug-likeness (QED) is 0.804. The molecule has 3 heterocycles. The van der Waals surface area contributed by atoms with E-state index in [1.54, 1.807) is 0 Å². The number of aromatic nitrogens is 2. The Kier molecular flexibility index (Phi) is 3.11. The van der Waals surface area contributed by atoms with Crippen LogP contribution in [0.4, 0.5) is 0 Å². The predicted molar refractivity (Wildman–Crippen MR) is 64.8 cm³/mol. The van der Waals surface area contributed by atoms with E-state index in [0.717, 1.165) is 35.7 Å². The van der Waals surface area contributed by atoms with Gasteiger partial charge in [-0.3, -0.25) is 9.80 Å². The Morgan fingerprint density at radius 1 is 1.38 bits per heavy atom. The summed E-state index contributed by atoms with van der Waals surface area (Å²) in [7, 11) is 0. The number of rotatable bonds is 2. The lowest BCUT2D eigenvalue weighted by molar-refractivity contribution is 0.0984. The summed E-state index contributed by atoms with van der Waals surface area (Å²) in [4.78, 5) is 5.06. The molecule has 0 amide bonds. The van der Waals surface area contributed by atoms with Gasteiger partial charge in [0.1, 0.15) is 10.0 Å². The van der Waals surface area contributed by atoms with E-state index in [9.17, 15) is 0 Å². The molecule has 3 rings (SSSR count). The highest BCUT2D eigenvalue weighted by Gasteiger charge is 2.30. The average molecular weight is 259 g/mol. The first-order valence-corrected chi connectivity index (χ1v) is 6.91. The Morgan fingerprint density at radius 3 is 3.12 bits per heavy atom. The molecule has 2 aliphatic heterocycles. The van der Waals surface area contributed by atoms with Crippen LogP contribution in [-0.4, -0.2) is 51.6 Å². The molecule has 1 aromatic heterocycles. The molecule has 2 saturated heterocycles. The van der Waals surface area contributed by atoms with Crippen molar-refractivity contribution >= 4 is 23.1 Å². The van der Waals surface area contributed by atoms with Crippen molar-refractivity contribution in [1.29, 1.82) is 0 Å². The second kappa shape index (κ2) is 4.56. The third-order valence-corrected chi connectivity index (χ3v) is 4.54. The van der Waals surface area contributed by atoms with Gasteiger partial charge in [0.2, 0.25) is 0 Å². The van der Waals surface area contributed by atoms with Crippen LogP contribution >= 0.6 is 23.1 Å². The molecule has 16 heavy (non-hydrogen) atoms. The summed E-state index contributed by atoms with van der Waals surface area (Å²) in [5, 5.41) is 4.08. The van der Waals surface area contributed by atoms with E-state index >= 15 is 0 Å². The predicted octanol–water partition coefficient (Wildman–Crippen LogP) is 1.47. The van der Waals surface area contributed by atoms with E-state index < -0.39 is 0 Å². The summed E-state index contributed by atoms with van der Waals surface area (Å²) in [5.41, 5.74) is 0.943. The summed E-state index contributed by atoms with van der Waals surface area (Å²) in [6, 6.07) is 0.763. The first-order valence-electron chi connectivity index (χ1n) is 5.76. The molecule has 1 aromatic rings. The standard InChI is InChI=1S/C10H15ClN4S/c11-10-9(12-13-16-10)7-14-4-5-15-3-1-2-8(15)6-14/h8H,1-7H2. The maximum absolute atomic E-state index is 6.03. The summed E-state index contributed by atoms with van der Waals surface area (Å²) in [6.45, 7) is 5.63. The molecule has 0 spiro atoms. The lowest BCUT2D eigenvalue weighted by atomic mass is 10.1. The van der Waals surface area contributed by atoms with Crippen LogP contribution in [0.1, 0.15) is 18.5 Å². The van der Waals surface area contributed by atoms with Gasteiger partial charge in [-0.2, -0.15) is 0 Å². The number of hydrogen-bond acceptors (Lipinski definition) is 5. The molecule has 2 fully saturated rings. The van der Waals surface area contributed by atoms with Crippen molar-refractivity contribution in [2.24, 2.45) is 0 Å². The zero-order valence-corrected chi connectivity index (χ0v) is 10.7. The fourth-order valence-electron chi connectivity index (χ4n) is 2.70. The first-order chi connectivity index (χ1) is 7.83. The van der Waals surface area contributed by atoms with Gasteiger partial charge >= 0.3 is 0 Å². The van der Waals surface area contributed by atoms with Crippen molar-refractivity contribution in [2.45, 2.75) is 25.4 Å². The highest BCUT2D eigenvalue weighted by atomic mass is 35.5. The lowest BCUT2D eigenvalue weighted by Gasteiger charge is -2.37. The van der Waals surface area contributed by atoms with Gasteiger partial charge in [-0.1, -0.05) is 16.1 Å². The molecule has 0 aliphatic carbocycles. The molecule has 0 N–H and O–H groups in total. The number of piperazine rings is 1. The van der Waals surface area contributed by atoms with Gasteiger partial charge in [0.05, 0.1) is 0 Å². The Morgan fingerprint density at radius 2 is 2.31 bits per heavy atom. The molecule has 88 valence electrons. The van der Waals surface area contributed by atoms with Gasteiger partial charge in [0, 0.05) is 43.8 Å². The lowest BCUT2D eigenvalue weighted by Crippen LogP contribution is -2.49. The monoisotopic (exact) mass is 258 g/mol. The van der Waals surface area contributed by atoms with Crippen LogP contribution in [0.15, 0.2) is 0 Å². The Labute approximate surface area is 104 Å². The van der Waals surface area contributed by atoms with Crippen LogP contribution in [0.5, 0.6) is 0 Å². The molecule has 1 unspecified atom stereocenters. The van der Waals surface area contributed by atoms with Gasteiger partial charge in [0.15, 0.2) is 0 Å². The third kappa shape index (κ3) is 2.09. The summed E-state index contributed by atoms with van der Waals surface area (Å²) in [5.74, 6) is 0. The van der Waals surface area contributed by atoms with Gasteiger partial charge in [-0.25, -0.2) is 0 Å². The molecule has 0 bridgehead atoms. The Bertz CT molecular complexity index is 369. The topological polar surface area (TPSA) is 32.3 Å². The number of nitrogens with zero attached hydrogens (tertiary/aromatic N) is 4. The molecule has 0 aromatic carbocycles. The van der Waals surface area contributed by atoms with Crippen LogP contribution in [0, 0.1) is 0 Å². The minimum Gasteiger partial charge on any atom is -0.298 e. The van der Waals surface area contributed by atoms with E-state index in [1.807, 2.05) is 0 Å². The van der Waals surface area contributed by atoms with Crippen LogP contribution in [0.25, 0.3) is 0 Å². The van der Waals surface area contributed by atoms with Crippen molar-refractivity contribution in [2.75, 3.05) is 26.2 Å². The molecule has 0 radical (unpaired) electrons. The minimum absolute atomic E-state index is 0.744. The molecular weight excluding hydrogens is 244 g/mol. The normalized spacial score (nSPS) is 27.2. The number of halogens is 1. The van der Waals surface area contributed by atoms with Gasteiger partial charge in [-0.15, -0.1) is 5.10 Å². The highest BCUT2D eigenvalue weighted by molar-refractivity contribution is 7.10. The second-order valence-electron chi connectivity index (χ2n) is 4.56. The second-order valence-corrected chi connectivity index (χ2v) is 5.92.